The van der Waals surface area contributed by atoms with Crippen molar-refractivity contribution < 1.29 is 9.59 Å². The van der Waals surface area contributed by atoms with Gasteiger partial charge in [-0.15, -0.1) is 10.2 Å². The molecular formula is C14H23N5O2. The number of carbonyl (C=O) groups excluding carboxylic acids is 2. The van der Waals surface area contributed by atoms with E-state index in [0.29, 0.717) is 31.3 Å². The van der Waals surface area contributed by atoms with E-state index in [9.17, 15) is 9.59 Å². The van der Waals surface area contributed by atoms with Crippen LogP contribution in [0.25, 0.3) is 0 Å². The van der Waals surface area contributed by atoms with E-state index in [0.717, 1.165) is 0 Å². The molecule has 1 N–H and O–H groups in total. The molecule has 0 saturated carbocycles. The van der Waals surface area contributed by atoms with Gasteiger partial charge in [-0.1, -0.05) is 13.8 Å². The van der Waals surface area contributed by atoms with E-state index >= 15 is 0 Å². The van der Waals surface area contributed by atoms with E-state index < -0.39 is 0 Å². The second kappa shape index (κ2) is 5.46. The molecule has 2 heterocycles. The number of hydrogen-bond donors (Lipinski definition) is 1. The first-order chi connectivity index (χ1) is 9.69. The fraction of sp³-hybridized carbons (Fsp3) is 0.714. The van der Waals surface area contributed by atoms with Crippen LogP contribution in [0, 0.1) is 5.92 Å². The van der Waals surface area contributed by atoms with Crippen LogP contribution in [-0.4, -0.2) is 43.6 Å². The van der Waals surface area contributed by atoms with E-state index in [1.807, 2.05) is 34.6 Å². The Kier molecular flexibility index (Phi) is 4.02. The molecule has 0 fully saturated rings. The summed E-state index contributed by atoms with van der Waals surface area (Å²) in [5.41, 5.74) is -0.322. The highest BCUT2D eigenvalue weighted by atomic mass is 16.2. The van der Waals surface area contributed by atoms with Crippen molar-refractivity contribution in [3.63, 3.8) is 0 Å². The smallest absolute Gasteiger partial charge is 0.289 e. The summed E-state index contributed by atoms with van der Waals surface area (Å²) in [5, 5.41) is 10.9. The van der Waals surface area contributed by atoms with Crippen molar-refractivity contribution >= 4 is 11.8 Å². The van der Waals surface area contributed by atoms with Gasteiger partial charge in [0.2, 0.25) is 11.7 Å². The Morgan fingerprint density at radius 3 is 2.43 bits per heavy atom. The second-order valence-corrected chi connectivity index (χ2v) is 6.71. The number of aromatic nitrogens is 3. The lowest BCUT2D eigenvalue weighted by molar-refractivity contribution is -0.136. The Labute approximate surface area is 124 Å². The summed E-state index contributed by atoms with van der Waals surface area (Å²) < 4.78 is 1.80. The normalized spacial score (nSPS) is 15.0. The minimum absolute atomic E-state index is 0.0388. The van der Waals surface area contributed by atoms with Crippen LogP contribution in [-0.2, 0) is 17.9 Å². The molecule has 0 radical (unpaired) electrons. The van der Waals surface area contributed by atoms with Gasteiger partial charge in [-0.2, -0.15) is 0 Å². The standard InChI is InChI=1S/C14H23N5O2/c1-9(2)13(21)18-6-7-19-10(8-18)16-17-11(19)12(20)15-14(3,4)5/h9H,6-8H2,1-5H3,(H,15,20). The molecule has 1 aliphatic rings. The molecule has 7 heteroatoms. The molecule has 0 spiro atoms. The van der Waals surface area contributed by atoms with Gasteiger partial charge in [0, 0.05) is 24.5 Å². The maximum absolute atomic E-state index is 12.2. The lowest BCUT2D eigenvalue weighted by Gasteiger charge is -2.29. The molecule has 0 aliphatic carbocycles. The Morgan fingerprint density at radius 2 is 1.86 bits per heavy atom. The zero-order valence-corrected chi connectivity index (χ0v) is 13.3. The molecule has 2 amide bonds. The first-order valence-corrected chi connectivity index (χ1v) is 7.22. The molecule has 7 nitrogen and oxygen atoms in total. The van der Waals surface area contributed by atoms with Crippen molar-refractivity contribution in [2.75, 3.05) is 6.54 Å². The van der Waals surface area contributed by atoms with Crippen LogP contribution in [0.3, 0.4) is 0 Å². The maximum Gasteiger partial charge on any atom is 0.289 e. The van der Waals surface area contributed by atoms with E-state index in [1.165, 1.54) is 0 Å². The third kappa shape index (κ3) is 3.40. The number of hydrogen-bond acceptors (Lipinski definition) is 4. The number of rotatable bonds is 2. The Balaban J connectivity index is 2.15. The van der Waals surface area contributed by atoms with E-state index in [4.69, 9.17) is 0 Å². The summed E-state index contributed by atoms with van der Waals surface area (Å²) in [6.07, 6.45) is 0. The van der Waals surface area contributed by atoms with Crippen molar-refractivity contribution in [3.05, 3.63) is 11.6 Å². The molecule has 21 heavy (non-hydrogen) atoms. The Hall–Kier alpha value is -1.92. The average Bonchev–Trinajstić information content (AvgIpc) is 2.78. The van der Waals surface area contributed by atoms with Crippen molar-refractivity contribution in [2.24, 2.45) is 5.92 Å². The second-order valence-electron chi connectivity index (χ2n) is 6.71. The molecule has 0 unspecified atom stereocenters. The van der Waals surface area contributed by atoms with Gasteiger partial charge in [-0.3, -0.25) is 9.59 Å². The van der Waals surface area contributed by atoms with Crippen LogP contribution < -0.4 is 5.32 Å². The summed E-state index contributed by atoms with van der Waals surface area (Å²) in [6, 6.07) is 0. The predicted molar refractivity (Wildman–Crippen MR) is 77.5 cm³/mol. The predicted octanol–water partition coefficient (Wildman–Crippen LogP) is 0.805. The van der Waals surface area contributed by atoms with Gasteiger partial charge in [0.15, 0.2) is 5.82 Å². The molecule has 116 valence electrons. The quantitative estimate of drug-likeness (QED) is 0.875. The van der Waals surface area contributed by atoms with E-state index in [1.54, 1.807) is 9.47 Å². The number of fused-ring (bicyclic) bond motifs is 1. The highest BCUT2D eigenvalue weighted by molar-refractivity contribution is 5.91. The largest absolute Gasteiger partial charge is 0.345 e. The van der Waals surface area contributed by atoms with Crippen molar-refractivity contribution in [1.29, 1.82) is 0 Å². The van der Waals surface area contributed by atoms with Crippen molar-refractivity contribution in [2.45, 2.75) is 53.2 Å². The first-order valence-electron chi connectivity index (χ1n) is 7.22. The fourth-order valence-corrected chi connectivity index (χ4v) is 2.28. The summed E-state index contributed by atoms with van der Waals surface area (Å²) in [6.45, 7) is 11.1. The zero-order valence-electron chi connectivity index (χ0n) is 13.3. The van der Waals surface area contributed by atoms with Crippen LogP contribution in [0.2, 0.25) is 0 Å². The molecule has 0 saturated heterocycles. The molecule has 2 rings (SSSR count). The summed E-state index contributed by atoms with van der Waals surface area (Å²) in [5.74, 6) is 0.809. The Bertz CT molecular complexity index is 556. The van der Waals surface area contributed by atoms with Crippen LogP contribution in [0.4, 0.5) is 0 Å². The lowest BCUT2D eigenvalue weighted by Crippen LogP contribution is -2.44. The monoisotopic (exact) mass is 293 g/mol. The van der Waals surface area contributed by atoms with Gasteiger partial charge < -0.3 is 14.8 Å². The van der Waals surface area contributed by atoms with Crippen molar-refractivity contribution in [1.82, 2.24) is 25.0 Å². The van der Waals surface area contributed by atoms with Crippen LogP contribution in [0.5, 0.6) is 0 Å². The van der Waals surface area contributed by atoms with Crippen LogP contribution >= 0.6 is 0 Å². The summed E-state index contributed by atoms with van der Waals surface area (Å²) in [7, 11) is 0. The minimum atomic E-state index is -0.322. The van der Waals surface area contributed by atoms with Crippen LogP contribution in [0.1, 0.15) is 51.1 Å². The average molecular weight is 293 g/mol. The molecule has 0 bridgehead atoms. The van der Waals surface area contributed by atoms with Gasteiger partial charge in [-0.25, -0.2) is 0 Å². The maximum atomic E-state index is 12.2. The highest BCUT2D eigenvalue weighted by Gasteiger charge is 2.28. The number of amides is 2. The lowest BCUT2D eigenvalue weighted by atomic mass is 10.1. The van der Waals surface area contributed by atoms with Gasteiger partial charge in [0.1, 0.15) is 0 Å². The highest BCUT2D eigenvalue weighted by Crippen LogP contribution is 2.15. The fourth-order valence-electron chi connectivity index (χ4n) is 2.28. The molecule has 1 aliphatic heterocycles. The topological polar surface area (TPSA) is 80.1 Å². The zero-order chi connectivity index (χ0) is 15.8. The SMILES string of the molecule is CC(C)C(=O)N1CCn2c(nnc2C(=O)NC(C)(C)C)C1. The van der Waals surface area contributed by atoms with Gasteiger partial charge in [-0.05, 0) is 20.8 Å². The molecule has 1 aromatic rings. The molecule has 0 atom stereocenters. The Morgan fingerprint density at radius 1 is 1.19 bits per heavy atom. The molecule has 1 aromatic heterocycles. The summed E-state index contributed by atoms with van der Waals surface area (Å²) in [4.78, 5) is 26.0. The minimum Gasteiger partial charge on any atom is -0.345 e. The number of carbonyl (C=O) groups is 2. The number of nitrogens with one attached hydrogen (secondary N) is 1. The van der Waals surface area contributed by atoms with Crippen molar-refractivity contribution in [3.8, 4) is 0 Å². The first kappa shape index (κ1) is 15.5. The molecule has 0 aromatic carbocycles. The van der Waals surface area contributed by atoms with Gasteiger partial charge in [0.05, 0.1) is 6.54 Å². The molecular weight excluding hydrogens is 270 g/mol. The van der Waals surface area contributed by atoms with Gasteiger partial charge in [0.25, 0.3) is 5.91 Å². The third-order valence-electron chi connectivity index (χ3n) is 3.25. The third-order valence-corrected chi connectivity index (χ3v) is 3.25. The number of nitrogens with zero attached hydrogens (tertiary/aromatic N) is 4. The van der Waals surface area contributed by atoms with Crippen LogP contribution in [0.15, 0.2) is 0 Å². The summed E-state index contributed by atoms with van der Waals surface area (Å²) >= 11 is 0. The van der Waals surface area contributed by atoms with Gasteiger partial charge >= 0.3 is 0 Å². The van der Waals surface area contributed by atoms with E-state index in [-0.39, 0.29) is 23.3 Å². The van der Waals surface area contributed by atoms with E-state index in [2.05, 4.69) is 15.5 Å².